The van der Waals surface area contributed by atoms with Crippen molar-refractivity contribution >= 4 is 0 Å². The molecule has 0 bridgehead atoms. The fourth-order valence-electron chi connectivity index (χ4n) is 0.950. The first-order valence-corrected chi connectivity index (χ1v) is 3.93. The molecular weight excluding hydrogens is 136 g/mol. The molecule has 1 aromatic heterocycles. The van der Waals surface area contributed by atoms with Gasteiger partial charge >= 0.3 is 0 Å². The Balaban J connectivity index is 2.91. The van der Waals surface area contributed by atoms with Crippen molar-refractivity contribution in [3.05, 3.63) is 29.6 Å². The molecule has 1 heterocycles. The highest BCUT2D eigenvalue weighted by molar-refractivity contribution is 5.20. The summed E-state index contributed by atoms with van der Waals surface area (Å²) in [5, 5.41) is 0. The number of rotatable bonds is 2. The summed E-state index contributed by atoms with van der Waals surface area (Å²) in [5.74, 6) is 0. The molecule has 0 aliphatic rings. The first kappa shape index (κ1) is 8.21. The molecule has 0 spiro atoms. The summed E-state index contributed by atoms with van der Waals surface area (Å²) in [7, 11) is 0. The molecule has 2 nitrogen and oxygen atoms in total. The largest absolute Gasteiger partial charge is 0.324 e. The standard InChI is InChI=1S/C9H14N2/c1-3-8-4-9(7(2)10)6-11-5-8/h4-7H,3,10H2,1-2H3. The Morgan fingerprint density at radius 3 is 2.82 bits per heavy atom. The van der Waals surface area contributed by atoms with Crippen LogP contribution in [0.15, 0.2) is 18.5 Å². The summed E-state index contributed by atoms with van der Waals surface area (Å²) in [5.41, 5.74) is 8.06. The van der Waals surface area contributed by atoms with Gasteiger partial charge in [-0.2, -0.15) is 0 Å². The van der Waals surface area contributed by atoms with Crippen molar-refractivity contribution in [2.45, 2.75) is 26.3 Å². The van der Waals surface area contributed by atoms with Gasteiger partial charge < -0.3 is 5.73 Å². The average Bonchev–Trinajstić information content (AvgIpc) is 2.05. The van der Waals surface area contributed by atoms with Gasteiger partial charge in [0, 0.05) is 18.4 Å². The molecule has 0 radical (unpaired) electrons. The number of nitrogens with zero attached hydrogens (tertiary/aromatic N) is 1. The van der Waals surface area contributed by atoms with Crippen molar-refractivity contribution in [3.8, 4) is 0 Å². The minimum atomic E-state index is 0.0917. The number of nitrogens with two attached hydrogens (primary N) is 1. The lowest BCUT2D eigenvalue weighted by atomic mass is 10.1. The van der Waals surface area contributed by atoms with Crippen LogP contribution in [-0.2, 0) is 6.42 Å². The lowest BCUT2D eigenvalue weighted by Crippen LogP contribution is -2.05. The number of aromatic nitrogens is 1. The summed E-state index contributed by atoms with van der Waals surface area (Å²) in [6, 6.07) is 2.20. The smallest absolute Gasteiger partial charge is 0.0315 e. The summed E-state index contributed by atoms with van der Waals surface area (Å²) >= 11 is 0. The van der Waals surface area contributed by atoms with E-state index < -0.39 is 0 Å². The van der Waals surface area contributed by atoms with Crippen LogP contribution in [0.2, 0.25) is 0 Å². The highest BCUT2D eigenvalue weighted by Crippen LogP contribution is 2.09. The van der Waals surface area contributed by atoms with E-state index in [0.717, 1.165) is 12.0 Å². The van der Waals surface area contributed by atoms with E-state index in [1.807, 2.05) is 19.3 Å². The fourth-order valence-corrected chi connectivity index (χ4v) is 0.950. The highest BCUT2D eigenvalue weighted by atomic mass is 14.7. The molecule has 2 heteroatoms. The van der Waals surface area contributed by atoms with Gasteiger partial charge in [-0.15, -0.1) is 0 Å². The molecule has 0 amide bonds. The van der Waals surface area contributed by atoms with Gasteiger partial charge in [-0.05, 0) is 24.5 Å². The second kappa shape index (κ2) is 3.49. The number of hydrogen-bond donors (Lipinski definition) is 1. The van der Waals surface area contributed by atoms with Gasteiger partial charge in [-0.3, -0.25) is 4.98 Å². The van der Waals surface area contributed by atoms with Crippen molar-refractivity contribution in [2.75, 3.05) is 0 Å². The predicted octanol–water partition coefficient (Wildman–Crippen LogP) is 1.66. The fraction of sp³-hybridized carbons (Fsp3) is 0.444. The molecule has 0 aromatic carbocycles. The monoisotopic (exact) mass is 150 g/mol. The van der Waals surface area contributed by atoms with Gasteiger partial charge in [-0.1, -0.05) is 13.0 Å². The molecular formula is C9H14N2. The normalized spacial score (nSPS) is 13.0. The summed E-state index contributed by atoms with van der Waals surface area (Å²) in [6.45, 7) is 4.08. The first-order chi connectivity index (χ1) is 5.24. The third kappa shape index (κ3) is 2.02. The van der Waals surface area contributed by atoms with Crippen LogP contribution < -0.4 is 5.73 Å². The van der Waals surface area contributed by atoms with E-state index in [9.17, 15) is 0 Å². The molecule has 0 fully saturated rings. The van der Waals surface area contributed by atoms with Crippen LogP contribution in [0.3, 0.4) is 0 Å². The molecule has 60 valence electrons. The second-order valence-electron chi connectivity index (χ2n) is 2.77. The van der Waals surface area contributed by atoms with E-state index in [1.54, 1.807) is 0 Å². The van der Waals surface area contributed by atoms with Crippen LogP contribution in [0.1, 0.15) is 31.0 Å². The molecule has 0 saturated heterocycles. The SMILES string of the molecule is CCc1cncc(C(C)N)c1. The number of pyridine rings is 1. The summed E-state index contributed by atoms with van der Waals surface area (Å²) in [4.78, 5) is 4.10. The van der Waals surface area contributed by atoms with Gasteiger partial charge in [0.05, 0.1) is 0 Å². The summed E-state index contributed by atoms with van der Waals surface area (Å²) < 4.78 is 0. The Labute approximate surface area is 67.5 Å². The van der Waals surface area contributed by atoms with Gasteiger partial charge in [0.15, 0.2) is 0 Å². The lowest BCUT2D eigenvalue weighted by Gasteiger charge is -2.05. The molecule has 1 unspecified atom stereocenters. The highest BCUT2D eigenvalue weighted by Gasteiger charge is 1.99. The maximum absolute atomic E-state index is 5.70. The van der Waals surface area contributed by atoms with Crippen molar-refractivity contribution in [1.82, 2.24) is 4.98 Å². The Kier molecular flexibility index (Phi) is 2.60. The molecule has 0 saturated carbocycles. The van der Waals surface area contributed by atoms with Crippen LogP contribution in [-0.4, -0.2) is 4.98 Å². The van der Waals surface area contributed by atoms with E-state index in [1.165, 1.54) is 5.56 Å². The Morgan fingerprint density at radius 1 is 1.55 bits per heavy atom. The van der Waals surface area contributed by atoms with Crippen molar-refractivity contribution in [1.29, 1.82) is 0 Å². The van der Waals surface area contributed by atoms with E-state index in [0.29, 0.717) is 0 Å². The van der Waals surface area contributed by atoms with E-state index in [4.69, 9.17) is 5.73 Å². The summed E-state index contributed by atoms with van der Waals surface area (Å²) in [6.07, 6.45) is 4.73. The van der Waals surface area contributed by atoms with Gasteiger partial charge in [-0.25, -0.2) is 0 Å². The zero-order valence-corrected chi connectivity index (χ0v) is 7.04. The molecule has 1 aromatic rings. The van der Waals surface area contributed by atoms with E-state index in [-0.39, 0.29) is 6.04 Å². The molecule has 0 aliphatic carbocycles. The molecule has 1 atom stereocenters. The van der Waals surface area contributed by atoms with Gasteiger partial charge in [0.2, 0.25) is 0 Å². The third-order valence-corrected chi connectivity index (χ3v) is 1.75. The van der Waals surface area contributed by atoms with Crippen LogP contribution in [0.4, 0.5) is 0 Å². The molecule has 1 rings (SSSR count). The second-order valence-corrected chi connectivity index (χ2v) is 2.77. The van der Waals surface area contributed by atoms with Crippen molar-refractivity contribution in [2.24, 2.45) is 5.73 Å². The zero-order chi connectivity index (χ0) is 8.27. The van der Waals surface area contributed by atoms with Crippen molar-refractivity contribution < 1.29 is 0 Å². The minimum absolute atomic E-state index is 0.0917. The molecule has 11 heavy (non-hydrogen) atoms. The van der Waals surface area contributed by atoms with Gasteiger partial charge in [0.1, 0.15) is 0 Å². The van der Waals surface area contributed by atoms with Crippen LogP contribution in [0, 0.1) is 0 Å². The quantitative estimate of drug-likeness (QED) is 0.696. The molecule has 0 aliphatic heterocycles. The van der Waals surface area contributed by atoms with Crippen LogP contribution in [0.25, 0.3) is 0 Å². The minimum Gasteiger partial charge on any atom is -0.324 e. The van der Waals surface area contributed by atoms with Crippen LogP contribution >= 0.6 is 0 Å². The van der Waals surface area contributed by atoms with Gasteiger partial charge in [0.25, 0.3) is 0 Å². The molecule has 2 N–H and O–H groups in total. The maximum atomic E-state index is 5.70. The first-order valence-electron chi connectivity index (χ1n) is 3.93. The average molecular weight is 150 g/mol. The van der Waals surface area contributed by atoms with Crippen LogP contribution in [0.5, 0.6) is 0 Å². The van der Waals surface area contributed by atoms with E-state index in [2.05, 4.69) is 18.0 Å². The van der Waals surface area contributed by atoms with Crippen molar-refractivity contribution in [3.63, 3.8) is 0 Å². The van der Waals surface area contributed by atoms with E-state index >= 15 is 0 Å². The zero-order valence-electron chi connectivity index (χ0n) is 7.04. The maximum Gasteiger partial charge on any atom is 0.0315 e. The number of hydrogen-bond acceptors (Lipinski definition) is 2. The number of aryl methyl sites for hydroxylation is 1. The Bertz CT molecular complexity index is 231. The Hall–Kier alpha value is -0.890. The topological polar surface area (TPSA) is 38.9 Å². The Morgan fingerprint density at radius 2 is 2.27 bits per heavy atom. The third-order valence-electron chi connectivity index (χ3n) is 1.75. The lowest BCUT2D eigenvalue weighted by molar-refractivity contribution is 0.807. The predicted molar refractivity (Wildman–Crippen MR) is 46.2 cm³/mol.